The molecule has 2 rings (SSSR count). The fourth-order valence-corrected chi connectivity index (χ4v) is 1.65. The minimum Gasteiger partial charge on any atom is -0.484 e. The number of benzene rings is 2. The largest absolute Gasteiger partial charge is 0.484 e. The number of rotatable bonds is 5. The Bertz CT molecular complexity index is 710. The van der Waals surface area contributed by atoms with Crippen LogP contribution in [0, 0.1) is 5.82 Å². The quantitative estimate of drug-likeness (QED) is 0.515. The standard InChI is InChI=1S/C16H12F4N2O2/c17-13-5-7-14(8-6-13)24-10-15(23)22-21-9-11-1-3-12(4-2-11)16(18,19)20/h1-9H,10H2,(H,22,23)/b21-9-. The van der Waals surface area contributed by atoms with Crippen molar-refractivity contribution in [1.29, 1.82) is 0 Å². The monoisotopic (exact) mass is 340 g/mol. The minimum atomic E-state index is -4.40. The van der Waals surface area contributed by atoms with E-state index in [0.717, 1.165) is 12.1 Å². The number of carbonyl (C=O) groups excluding carboxylic acids is 1. The van der Waals surface area contributed by atoms with Crippen LogP contribution in [0.5, 0.6) is 5.75 Å². The summed E-state index contributed by atoms with van der Waals surface area (Å²) in [6.07, 6.45) is -3.20. The topological polar surface area (TPSA) is 50.7 Å². The van der Waals surface area contributed by atoms with Crippen molar-refractivity contribution in [3.05, 3.63) is 65.5 Å². The van der Waals surface area contributed by atoms with Gasteiger partial charge in [0.15, 0.2) is 6.61 Å². The molecule has 0 aliphatic rings. The second kappa shape index (κ2) is 7.58. The first-order chi connectivity index (χ1) is 11.3. The number of carbonyl (C=O) groups is 1. The smallest absolute Gasteiger partial charge is 0.416 e. The molecule has 1 N–H and O–H groups in total. The maximum absolute atomic E-state index is 12.7. The second-order valence-electron chi connectivity index (χ2n) is 4.66. The summed E-state index contributed by atoms with van der Waals surface area (Å²) in [6, 6.07) is 9.41. The maximum Gasteiger partial charge on any atom is 0.416 e. The van der Waals surface area contributed by atoms with Crippen molar-refractivity contribution in [1.82, 2.24) is 5.43 Å². The molecule has 1 amide bonds. The summed E-state index contributed by atoms with van der Waals surface area (Å²) in [5, 5.41) is 3.61. The second-order valence-corrected chi connectivity index (χ2v) is 4.66. The Hall–Kier alpha value is -2.90. The SMILES string of the molecule is O=C(COc1ccc(F)cc1)N/N=C\c1ccc(C(F)(F)F)cc1. The van der Waals surface area contributed by atoms with Crippen molar-refractivity contribution in [3.8, 4) is 5.75 Å². The summed E-state index contributed by atoms with van der Waals surface area (Å²) in [5.74, 6) is -0.673. The molecular weight excluding hydrogens is 328 g/mol. The molecule has 0 bridgehead atoms. The van der Waals surface area contributed by atoms with E-state index in [2.05, 4.69) is 10.5 Å². The van der Waals surface area contributed by atoms with Gasteiger partial charge in [0.1, 0.15) is 11.6 Å². The van der Waals surface area contributed by atoms with Gasteiger partial charge in [-0.05, 0) is 42.0 Å². The van der Waals surface area contributed by atoms with Crippen LogP contribution in [-0.2, 0) is 11.0 Å². The van der Waals surface area contributed by atoms with Crippen molar-refractivity contribution in [2.24, 2.45) is 5.10 Å². The van der Waals surface area contributed by atoms with E-state index >= 15 is 0 Å². The Balaban J connectivity index is 1.80. The number of hydrogen-bond donors (Lipinski definition) is 1. The van der Waals surface area contributed by atoms with E-state index in [1.165, 1.54) is 42.6 Å². The van der Waals surface area contributed by atoms with Crippen LogP contribution in [0.25, 0.3) is 0 Å². The van der Waals surface area contributed by atoms with Gasteiger partial charge in [-0.15, -0.1) is 0 Å². The Morgan fingerprint density at radius 2 is 1.71 bits per heavy atom. The zero-order chi connectivity index (χ0) is 17.6. The molecule has 0 saturated carbocycles. The zero-order valence-electron chi connectivity index (χ0n) is 12.2. The lowest BCUT2D eigenvalue weighted by atomic mass is 10.1. The lowest BCUT2D eigenvalue weighted by molar-refractivity contribution is -0.137. The van der Waals surface area contributed by atoms with Crippen LogP contribution in [0.15, 0.2) is 53.6 Å². The van der Waals surface area contributed by atoms with Gasteiger partial charge in [0.05, 0.1) is 11.8 Å². The number of alkyl halides is 3. The highest BCUT2D eigenvalue weighted by molar-refractivity contribution is 5.82. The average Bonchev–Trinajstić information content (AvgIpc) is 2.54. The predicted molar refractivity (Wildman–Crippen MR) is 79.1 cm³/mol. The fraction of sp³-hybridized carbons (Fsp3) is 0.125. The zero-order valence-corrected chi connectivity index (χ0v) is 12.2. The number of hydrazone groups is 1. The molecule has 0 spiro atoms. The Labute approximate surface area is 134 Å². The van der Waals surface area contributed by atoms with E-state index in [0.29, 0.717) is 11.3 Å². The molecule has 0 unspecified atom stereocenters. The molecule has 126 valence electrons. The molecular formula is C16H12F4N2O2. The molecule has 4 nitrogen and oxygen atoms in total. The molecule has 0 atom stereocenters. The molecule has 2 aromatic carbocycles. The first kappa shape index (κ1) is 17.5. The van der Waals surface area contributed by atoms with E-state index in [4.69, 9.17) is 4.74 Å². The number of hydrogen-bond acceptors (Lipinski definition) is 3. The van der Waals surface area contributed by atoms with Gasteiger partial charge < -0.3 is 4.74 Å². The highest BCUT2D eigenvalue weighted by atomic mass is 19.4. The van der Waals surface area contributed by atoms with Gasteiger partial charge in [-0.2, -0.15) is 18.3 Å². The highest BCUT2D eigenvalue weighted by Gasteiger charge is 2.29. The molecule has 2 aromatic rings. The van der Waals surface area contributed by atoms with Crippen LogP contribution >= 0.6 is 0 Å². The van der Waals surface area contributed by atoms with Gasteiger partial charge in [-0.3, -0.25) is 4.79 Å². The maximum atomic E-state index is 12.7. The third kappa shape index (κ3) is 5.38. The number of nitrogens with zero attached hydrogens (tertiary/aromatic N) is 1. The van der Waals surface area contributed by atoms with Gasteiger partial charge in [0.2, 0.25) is 0 Å². The van der Waals surface area contributed by atoms with Gasteiger partial charge in [-0.1, -0.05) is 12.1 Å². The number of halogens is 4. The average molecular weight is 340 g/mol. The van der Waals surface area contributed by atoms with Crippen molar-refractivity contribution in [2.75, 3.05) is 6.61 Å². The summed E-state index contributed by atoms with van der Waals surface area (Å²) in [4.78, 5) is 11.5. The predicted octanol–water partition coefficient (Wildman–Crippen LogP) is 3.37. The molecule has 0 aromatic heterocycles. The first-order valence-corrected chi connectivity index (χ1v) is 6.72. The summed E-state index contributed by atoms with van der Waals surface area (Å²) >= 11 is 0. The van der Waals surface area contributed by atoms with E-state index < -0.39 is 23.5 Å². The molecule has 0 fully saturated rings. The van der Waals surface area contributed by atoms with Crippen LogP contribution in [0.3, 0.4) is 0 Å². The van der Waals surface area contributed by atoms with E-state index in [-0.39, 0.29) is 6.61 Å². The molecule has 0 aliphatic carbocycles. The Kier molecular flexibility index (Phi) is 5.51. The third-order valence-corrected chi connectivity index (χ3v) is 2.82. The molecule has 0 heterocycles. The van der Waals surface area contributed by atoms with Crippen molar-refractivity contribution in [3.63, 3.8) is 0 Å². The highest BCUT2D eigenvalue weighted by Crippen LogP contribution is 2.28. The molecule has 0 radical (unpaired) electrons. The number of nitrogens with one attached hydrogen (secondary N) is 1. The summed E-state index contributed by atoms with van der Waals surface area (Å²) in [6.45, 7) is -0.337. The first-order valence-electron chi connectivity index (χ1n) is 6.72. The van der Waals surface area contributed by atoms with Gasteiger partial charge in [0.25, 0.3) is 5.91 Å². The Morgan fingerprint density at radius 1 is 1.08 bits per heavy atom. The van der Waals surface area contributed by atoms with E-state index in [9.17, 15) is 22.4 Å². The normalized spacial score (nSPS) is 11.5. The molecule has 8 heteroatoms. The summed E-state index contributed by atoms with van der Waals surface area (Å²) in [7, 11) is 0. The number of amides is 1. The third-order valence-electron chi connectivity index (χ3n) is 2.82. The van der Waals surface area contributed by atoms with Crippen LogP contribution in [-0.4, -0.2) is 18.7 Å². The van der Waals surface area contributed by atoms with Gasteiger partial charge in [0, 0.05) is 0 Å². The van der Waals surface area contributed by atoms with Crippen LogP contribution in [0.2, 0.25) is 0 Å². The van der Waals surface area contributed by atoms with Gasteiger partial charge in [-0.25, -0.2) is 9.82 Å². The molecule has 0 saturated heterocycles. The van der Waals surface area contributed by atoms with E-state index in [1.807, 2.05) is 0 Å². The number of ether oxygens (including phenoxy) is 1. The van der Waals surface area contributed by atoms with Crippen molar-refractivity contribution < 1.29 is 27.1 Å². The Morgan fingerprint density at radius 3 is 2.29 bits per heavy atom. The van der Waals surface area contributed by atoms with Crippen LogP contribution in [0.4, 0.5) is 17.6 Å². The molecule has 0 aliphatic heterocycles. The minimum absolute atomic E-state index is 0.318. The van der Waals surface area contributed by atoms with Crippen molar-refractivity contribution >= 4 is 12.1 Å². The van der Waals surface area contributed by atoms with Crippen LogP contribution < -0.4 is 10.2 Å². The lowest BCUT2D eigenvalue weighted by Gasteiger charge is -2.06. The van der Waals surface area contributed by atoms with Crippen molar-refractivity contribution in [2.45, 2.75) is 6.18 Å². The van der Waals surface area contributed by atoms with Gasteiger partial charge >= 0.3 is 6.18 Å². The van der Waals surface area contributed by atoms with E-state index in [1.54, 1.807) is 0 Å². The lowest BCUT2D eigenvalue weighted by Crippen LogP contribution is -2.24. The summed E-state index contributed by atoms with van der Waals surface area (Å²) in [5.41, 5.74) is 1.79. The summed E-state index contributed by atoms with van der Waals surface area (Å²) < 4.78 is 55.0. The molecule has 24 heavy (non-hydrogen) atoms. The fourth-order valence-electron chi connectivity index (χ4n) is 1.65. The van der Waals surface area contributed by atoms with Crippen LogP contribution in [0.1, 0.15) is 11.1 Å².